The van der Waals surface area contributed by atoms with Gasteiger partial charge in [-0.1, -0.05) is 6.08 Å². The van der Waals surface area contributed by atoms with Gasteiger partial charge in [0.05, 0.1) is 18.4 Å². The van der Waals surface area contributed by atoms with Gasteiger partial charge in [0.2, 0.25) is 0 Å². The summed E-state index contributed by atoms with van der Waals surface area (Å²) in [6, 6.07) is 5.53. The topological polar surface area (TPSA) is 38.7 Å². The largest absolute Gasteiger partial charge is 0.497 e. The van der Waals surface area contributed by atoms with Crippen LogP contribution in [0, 0.1) is 5.92 Å². The maximum absolute atomic E-state index is 11.6. The Kier molecular flexibility index (Phi) is 3.25. The Bertz CT molecular complexity index is 524. The zero-order valence-electron chi connectivity index (χ0n) is 8.94. The van der Waals surface area contributed by atoms with E-state index in [1.54, 1.807) is 13.2 Å². The lowest BCUT2D eigenvalue weighted by Gasteiger charge is -2.10. The van der Waals surface area contributed by atoms with E-state index in [0.29, 0.717) is 23.4 Å². The van der Waals surface area contributed by atoms with Crippen LogP contribution in [0.5, 0.6) is 5.75 Å². The van der Waals surface area contributed by atoms with Crippen LogP contribution in [0.3, 0.4) is 0 Å². The monoisotopic (exact) mass is 237 g/mol. The number of alkyl halides is 1. The number of fused-ring (bicyclic) bond motifs is 1. The first-order valence-corrected chi connectivity index (χ1v) is 5.62. The molecule has 1 aromatic carbocycles. The Labute approximate surface area is 98.4 Å². The van der Waals surface area contributed by atoms with Gasteiger partial charge in [-0.2, -0.15) is 0 Å². The van der Waals surface area contributed by atoms with Gasteiger partial charge in [-0.05, 0) is 23.8 Å². The molecule has 0 saturated heterocycles. The zero-order valence-corrected chi connectivity index (χ0v) is 9.70. The van der Waals surface area contributed by atoms with Crippen LogP contribution in [-0.2, 0) is 4.79 Å². The fraction of sp³-hybridized carbons (Fsp3) is 0.333. The molecule has 3 nitrogen and oxygen atoms in total. The molecular formula is C12H12ClNO2. The number of rotatable bonds is 3. The molecule has 1 amide bonds. The SMILES string of the molecule is COc1ccc2c(c1)=NC(=O)C(CCCl)C=2. The molecule has 4 heteroatoms. The van der Waals surface area contributed by atoms with E-state index in [9.17, 15) is 4.79 Å². The third-order valence-electron chi connectivity index (χ3n) is 2.59. The van der Waals surface area contributed by atoms with Crippen molar-refractivity contribution in [3.05, 3.63) is 28.8 Å². The Hall–Kier alpha value is -1.35. The fourth-order valence-electron chi connectivity index (χ4n) is 1.70. The molecule has 0 fully saturated rings. The van der Waals surface area contributed by atoms with Crippen molar-refractivity contribution in [1.82, 2.24) is 0 Å². The van der Waals surface area contributed by atoms with Gasteiger partial charge in [-0.25, -0.2) is 4.99 Å². The Morgan fingerprint density at radius 3 is 3.00 bits per heavy atom. The summed E-state index contributed by atoms with van der Waals surface area (Å²) in [4.78, 5) is 15.7. The van der Waals surface area contributed by atoms with E-state index in [2.05, 4.69) is 4.99 Å². The number of carbonyl (C=O) groups excluding carboxylic acids is 1. The van der Waals surface area contributed by atoms with Crippen molar-refractivity contribution in [3.8, 4) is 5.75 Å². The smallest absolute Gasteiger partial charge is 0.253 e. The van der Waals surface area contributed by atoms with E-state index < -0.39 is 0 Å². The molecule has 1 atom stereocenters. The highest BCUT2D eigenvalue weighted by Crippen LogP contribution is 2.11. The quantitative estimate of drug-likeness (QED) is 0.732. The fourth-order valence-corrected chi connectivity index (χ4v) is 1.94. The van der Waals surface area contributed by atoms with E-state index in [0.717, 1.165) is 5.22 Å². The highest BCUT2D eigenvalue weighted by molar-refractivity contribution is 6.18. The van der Waals surface area contributed by atoms with Crippen molar-refractivity contribution < 1.29 is 9.53 Å². The second-order valence-corrected chi connectivity index (χ2v) is 4.00. The predicted octanol–water partition coefficient (Wildman–Crippen LogP) is 0.881. The number of ether oxygens (including phenoxy) is 1. The van der Waals surface area contributed by atoms with Crippen molar-refractivity contribution in [3.63, 3.8) is 0 Å². The Balaban J connectivity index is 2.49. The molecule has 0 radical (unpaired) electrons. The minimum absolute atomic E-state index is 0.124. The first-order valence-electron chi connectivity index (χ1n) is 5.09. The van der Waals surface area contributed by atoms with Crippen LogP contribution >= 0.6 is 11.6 Å². The summed E-state index contributed by atoms with van der Waals surface area (Å²) in [5, 5.41) is 1.64. The highest BCUT2D eigenvalue weighted by Gasteiger charge is 2.17. The molecule has 1 aromatic rings. The van der Waals surface area contributed by atoms with E-state index in [-0.39, 0.29) is 11.8 Å². The summed E-state index contributed by atoms with van der Waals surface area (Å²) >= 11 is 5.64. The molecule has 16 heavy (non-hydrogen) atoms. The maximum atomic E-state index is 11.6. The van der Waals surface area contributed by atoms with Gasteiger partial charge >= 0.3 is 0 Å². The van der Waals surface area contributed by atoms with Crippen LogP contribution < -0.4 is 15.3 Å². The summed E-state index contributed by atoms with van der Waals surface area (Å²) in [5.74, 6) is 0.868. The van der Waals surface area contributed by atoms with Crippen molar-refractivity contribution >= 4 is 23.6 Å². The first kappa shape index (κ1) is 11.1. The second-order valence-electron chi connectivity index (χ2n) is 3.63. The Morgan fingerprint density at radius 1 is 1.50 bits per heavy atom. The lowest BCUT2D eigenvalue weighted by atomic mass is 10.0. The van der Waals surface area contributed by atoms with Gasteiger partial charge < -0.3 is 4.74 Å². The molecule has 0 bridgehead atoms. The number of hydrogen-bond donors (Lipinski definition) is 0. The lowest BCUT2D eigenvalue weighted by Crippen LogP contribution is -2.33. The van der Waals surface area contributed by atoms with Gasteiger partial charge in [0.1, 0.15) is 5.75 Å². The summed E-state index contributed by atoms with van der Waals surface area (Å²) in [7, 11) is 1.59. The van der Waals surface area contributed by atoms with Crippen LogP contribution in [0.25, 0.3) is 6.08 Å². The lowest BCUT2D eigenvalue weighted by molar-refractivity contribution is -0.120. The van der Waals surface area contributed by atoms with Gasteiger partial charge in [0.25, 0.3) is 5.91 Å². The number of halogens is 1. The summed E-state index contributed by atoms with van der Waals surface area (Å²) in [6.07, 6.45) is 2.56. The van der Waals surface area contributed by atoms with Gasteiger partial charge in [0, 0.05) is 11.9 Å². The predicted molar refractivity (Wildman–Crippen MR) is 62.1 cm³/mol. The van der Waals surface area contributed by atoms with Crippen molar-refractivity contribution in [1.29, 1.82) is 0 Å². The summed E-state index contributed by atoms with van der Waals surface area (Å²) < 4.78 is 5.08. The van der Waals surface area contributed by atoms with E-state index in [1.807, 2.05) is 18.2 Å². The molecule has 0 saturated carbocycles. The normalized spacial score (nSPS) is 18.4. The Morgan fingerprint density at radius 2 is 2.31 bits per heavy atom. The number of amides is 1. The minimum atomic E-state index is -0.182. The van der Waals surface area contributed by atoms with Gasteiger partial charge in [-0.15, -0.1) is 11.6 Å². The average Bonchev–Trinajstić information content (AvgIpc) is 2.30. The highest BCUT2D eigenvalue weighted by atomic mass is 35.5. The number of carbonyl (C=O) groups is 1. The maximum Gasteiger partial charge on any atom is 0.253 e. The third kappa shape index (κ3) is 2.09. The van der Waals surface area contributed by atoms with Gasteiger partial charge in [-0.3, -0.25) is 4.79 Å². The summed E-state index contributed by atoms with van der Waals surface area (Å²) in [6.45, 7) is 0. The van der Waals surface area contributed by atoms with E-state index >= 15 is 0 Å². The summed E-state index contributed by atoms with van der Waals surface area (Å²) in [5.41, 5.74) is 0. The molecule has 2 rings (SSSR count). The van der Waals surface area contributed by atoms with Crippen LogP contribution in [0.4, 0.5) is 0 Å². The van der Waals surface area contributed by atoms with Crippen molar-refractivity contribution in [2.24, 2.45) is 10.9 Å². The molecule has 0 spiro atoms. The number of hydrogen-bond acceptors (Lipinski definition) is 2. The van der Waals surface area contributed by atoms with E-state index in [1.165, 1.54) is 0 Å². The molecule has 84 valence electrons. The zero-order chi connectivity index (χ0) is 11.5. The number of benzene rings is 1. The molecular weight excluding hydrogens is 226 g/mol. The number of nitrogens with zero attached hydrogens (tertiary/aromatic N) is 1. The van der Waals surface area contributed by atoms with Gasteiger partial charge in [0.15, 0.2) is 0 Å². The molecule has 0 aliphatic carbocycles. The average molecular weight is 238 g/mol. The molecule has 0 aromatic heterocycles. The molecule has 1 heterocycles. The van der Waals surface area contributed by atoms with Crippen LogP contribution in [0.15, 0.2) is 23.2 Å². The third-order valence-corrected chi connectivity index (χ3v) is 2.80. The van der Waals surface area contributed by atoms with Crippen molar-refractivity contribution in [2.75, 3.05) is 13.0 Å². The number of methoxy groups -OCH3 is 1. The van der Waals surface area contributed by atoms with Crippen LogP contribution in [0.2, 0.25) is 0 Å². The molecule has 0 N–H and O–H groups in total. The first-order chi connectivity index (χ1) is 7.74. The molecule has 1 aliphatic heterocycles. The second kappa shape index (κ2) is 4.66. The molecule has 1 aliphatic rings. The minimum Gasteiger partial charge on any atom is -0.497 e. The standard InChI is InChI=1S/C12H12ClNO2/c1-16-10-3-2-8-6-9(4-5-13)12(15)14-11(8)7-10/h2-3,6-7,9H,4-5H2,1H3. The van der Waals surface area contributed by atoms with E-state index in [4.69, 9.17) is 16.3 Å². The van der Waals surface area contributed by atoms with Crippen LogP contribution in [-0.4, -0.2) is 18.9 Å². The van der Waals surface area contributed by atoms with Crippen molar-refractivity contribution in [2.45, 2.75) is 6.42 Å². The van der Waals surface area contributed by atoms with Crippen LogP contribution in [0.1, 0.15) is 6.42 Å². The molecule has 1 unspecified atom stereocenters.